The van der Waals surface area contributed by atoms with Crippen LogP contribution in [0.15, 0.2) is 48.5 Å². The zero-order chi connectivity index (χ0) is 19.2. The van der Waals surface area contributed by atoms with Crippen molar-refractivity contribution in [3.8, 4) is 5.75 Å². The van der Waals surface area contributed by atoms with E-state index >= 15 is 0 Å². The van der Waals surface area contributed by atoms with Crippen molar-refractivity contribution in [2.24, 2.45) is 0 Å². The Kier molecular flexibility index (Phi) is 4.02. The summed E-state index contributed by atoms with van der Waals surface area (Å²) < 4.78 is 5.34. The minimum absolute atomic E-state index is 0.0964. The number of anilines is 1. The summed E-state index contributed by atoms with van der Waals surface area (Å²) in [6, 6.07) is 14.5. The van der Waals surface area contributed by atoms with Crippen molar-refractivity contribution < 1.29 is 9.53 Å². The average Bonchev–Trinajstić information content (AvgIpc) is 2.84. The Morgan fingerprint density at radius 3 is 2.78 bits per heavy atom. The molecule has 2 aromatic rings. The summed E-state index contributed by atoms with van der Waals surface area (Å²) in [5.74, 6) is 0.919. The first-order valence-corrected chi connectivity index (χ1v) is 9.40. The van der Waals surface area contributed by atoms with E-state index in [9.17, 15) is 4.79 Å². The van der Waals surface area contributed by atoms with Gasteiger partial charge in [-0.25, -0.2) is 0 Å². The highest BCUT2D eigenvalue weighted by atomic mass is 16.5. The van der Waals surface area contributed by atoms with E-state index < -0.39 is 5.66 Å². The number of aryl methyl sites for hydroxylation is 1. The van der Waals surface area contributed by atoms with E-state index in [4.69, 9.17) is 4.74 Å². The van der Waals surface area contributed by atoms with Crippen molar-refractivity contribution in [3.05, 3.63) is 65.2 Å². The van der Waals surface area contributed by atoms with E-state index in [1.807, 2.05) is 24.3 Å². The van der Waals surface area contributed by atoms with Crippen LogP contribution in [0.25, 0.3) is 6.08 Å². The van der Waals surface area contributed by atoms with Gasteiger partial charge >= 0.3 is 0 Å². The molecule has 0 aliphatic carbocycles. The molecule has 4 heteroatoms. The van der Waals surface area contributed by atoms with Gasteiger partial charge in [0.2, 0.25) is 5.91 Å². The second-order valence-electron chi connectivity index (χ2n) is 7.97. The minimum atomic E-state index is -0.582. The first kappa shape index (κ1) is 17.7. The summed E-state index contributed by atoms with van der Waals surface area (Å²) in [6.07, 6.45) is 4.74. The lowest BCUT2D eigenvalue weighted by Crippen LogP contribution is -2.68. The van der Waals surface area contributed by atoms with Gasteiger partial charge in [0.1, 0.15) is 11.4 Å². The normalized spacial score (nSPS) is 23.1. The molecule has 0 bridgehead atoms. The molecule has 0 unspecified atom stereocenters. The van der Waals surface area contributed by atoms with Crippen LogP contribution in [-0.4, -0.2) is 25.2 Å². The fourth-order valence-corrected chi connectivity index (χ4v) is 4.43. The maximum atomic E-state index is 12.4. The maximum absolute atomic E-state index is 12.4. The highest BCUT2D eigenvalue weighted by Crippen LogP contribution is 2.52. The Morgan fingerprint density at radius 1 is 1.19 bits per heavy atom. The molecular weight excluding hydrogens is 336 g/mol. The third kappa shape index (κ3) is 2.62. The number of carbonyl (C=O) groups excluding carboxylic acids is 1. The van der Waals surface area contributed by atoms with Crippen LogP contribution in [0.3, 0.4) is 0 Å². The fourth-order valence-electron chi connectivity index (χ4n) is 4.43. The zero-order valence-corrected chi connectivity index (χ0v) is 16.4. The number of nitrogens with one attached hydrogen (secondary N) is 1. The lowest BCUT2D eigenvalue weighted by Gasteiger charge is -2.49. The predicted molar refractivity (Wildman–Crippen MR) is 109 cm³/mol. The molecule has 2 aliphatic heterocycles. The molecule has 27 heavy (non-hydrogen) atoms. The SMILES string of the molecule is COc1cccc(/C=C/[C@@]23NC(=O)CCN2c2ccc(C)cc2C3(C)C)c1. The van der Waals surface area contributed by atoms with Gasteiger partial charge in [0.25, 0.3) is 0 Å². The number of hydrogen-bond acceptors (Lipinski definition) is 3. The standard InChI is InChI=1S/C23H26N2O2/c1-16-8-9-20-19(14-16)22(2,3)23(24-21(26)11-13-25(20)23)12-10-17-6-5-7-18(15-17)27-4/h5-10,12,14-15H,11,13H2,1-4H3,(H,24,26)/b12-10+/t23-/m1/s1. The molecule has 2 aliphatic rings. The highest BCUT2D eigenvalue weighted by molar-refractivity contribution is 5.84. The van der Waals surface area contributed by atoms with Gasteiger partial charge in [0.15, 0.2) is 0 Å². The van der Waals surface area contributed by atoms with Crippen molar-refractivity contribution >= 4 is 17.7 Å². The monoisotopic (exact) mass is 362 g/mol. The summed E-state index contributed by atoms with van der Waals surface area (Å²) in [4.78, 5) is 14.8. The van der Waals surface area contributed by atoms with Crippen LogP contribution in [0.5, 0.6) is 5.75 Å². The molecule has 1 atom stereocenters. The third-order valence-corrected chi connectivity index (χ3v) is 6.00. The van der Waals surface area contributed by atoms with E-state index in [2.05, 4.69) is 61.3 Å². The lowest BCUT2D eigenvalue weighted by atomic mass is 9.74. The number of methoxy groups -OCH3 is 1. The van der Waals surface area contributed by atoms with Crippen LogP contribution in [0, 0.1) is 6.92 Å². The van der Waals surface area contributed by atoms with Crippen molar-refractivity contribution in [2.75, 3.05) is 18.6 Å². The van der Waals surface area contributed by atoms with E-state index in [0.717, 1.165) is 11.3 Å². The smallest absolute Gasteiger partial charge is 0.223 e. The van der Waals surface area contributed by atoms with Crippen molar-refractivity contribution in [1.82, 2.24) is 5.32 Å². The summed E-state index contributed by atoms with van der Waals surface area (Å²) in [5, 5.41) is 3.32. The second-order valence-corrected chi connectivity index (χ2v) is 7.97. The molecule has 0 aromatic heterocycles. The van der Waals surface area contributed by atoms with E-state index in [-0.39, 0.29) is 11.3 Å². The minimum Gasteiger partial charge on any atom is -0.497 e. The Bertz CT molecular complexity index is 932. The summed E-state index contributed by atoms with van der Waals surface area (Å²) >= 11 is 0. The fraction of sp³-hybridized carbons (Fsp3) is 0.348. The number of rotatable bonds is 3. The lowest BCUT2D eigenvalue weighted by molar-refractivity contribution is -0.124. The number of amides is 1. The van der Waals surface area contributed by atoms with Gasteiger partial charge in [-0.15, -0.1) is 0 Å². The van der Waals surface area contributed by atoms with Gasteiger partial charge in [-0.2, -0.15) is 0 Å². The van der Waals surface area contributed by atoms with Gasteiger partial charge < -0.3 is 15.0 Å². The number of nitrogens with zero attached hydrogens (tertiary/aromatic N) is 1. The number of benzene rings is 2. The topological polar surface area (TPSA) is 41.6 Å². The highest BCUT2D eigenvalue weighted by Gasteiger charge is 2.57. The Balaban J connectivity index is 1.83. The molecule has 0 radical (unpaired) electrons. The van der Waals surface area contributed by atoms with Crippen LogP contribution in [0.1, 0.15) is 37.0 Å². The molecule has 2 aromatic carbocycles. The Morgan fingerprint density at radius 2 is 2.00 bits per heavy atom. The van der Waals surface area contributed by atoms with E-state index in [1.54, 1.807) is 7.11 Å². The molecular formula is C23H26N2O2. The first-order valence-electron chi connectivity index (χ1n) is 9.40. The molecule has 1 saturated heterocycles. The second kappa shape index (κ2) is 6.15. The van der Waals surface area contributed by atoms with E-state index in [1.165, 1.54) is 16.8 Å². The third-order valence-electron chi connectivity index (χ3n) is 6.00. The summed E-state index contributed by atoms with van der Waals surface area (Å²) in [5.41, 5.74) is 3.92. The van der Waals surface area contributed by atoms with Crippen LogP contribution < -0.4 is 15.0 Å². The van der Waals surface area contributed by atoms with Gasteiger partial charge in [0.05, 0.1) is 7.11 Å². The zero-order valence-electron chi connectivity index (χ0n) is 16.4. The summed E-state index contributed by atoms with van der Waals surface area (Å²) in [7, 11) is 1.67. The molecule has 140 valence electrons. The van der Waals surface area contributed by atoms with Crippen molar-refractivity contribution in [2.45, 2.75) is 38.3 Å². The van der Waals surface area contributed by atoms with Crippen LogP contribution in [0.2, 0.25) is 0 Å². The number of carbonyl (C=O) groups is 1. The predicted octanol–water partition coefficient (Wildman–Crippen LogP) is 4.03. The number of fused-ring (bicyclic) bond motifs is 3. The quantitative estimate of drug-likeness (QED) is 0.896. The molecule has 2 heterocycles. The first-order chi connectivity index (χ1) is 12.9. The molecule has 0 spiro atoms. The number of ether oxygens (including phenoxy) is 1. The molecule has 1 N–H and O–H groups in total. The molecule has 1 amide bonds. The van der Waals surface area contributed by atoms with Crippen LogP contribution >= 0.6 is 0 Å². The molecule has 1 fully saturated rings. The van der Waals surface area contributed by atoms with Gasteiger partial charge in [-0.1, -0.05) is 49.8 Å². The molecule has 4 nitrogen and oxygen atoms in total. The van der Waals surface area contributed by atoms with Crippen molar-refractivity contribution in [3.63, 3.8) is 0 Å². The van der Waals surface area contributed by atoms with Crippen LogP contribution in [0.4, 0.5) is 5.69 Å². The number of hydrogen-bond donors (Lipinski definition) is 1. The van der Waals surface area contributed by atoms with Gasteiger partial charge in [0, 0.05) is 24.1 Å². The van der Waals surface area contributed by atoms with E-state index in [0.29, 0.717) is 13.0 Å². The van der Waals surface area contributed by atoms with Gasteiger partial charge in [-0.3, -0.25) is 4.79 Å². The largest absolute Gasteiger partial charge is 0.497 e. The Hall–Kier alpha value is -2.75. The average molecular weight is 362 g/mol. The Labute approximate surface area is 160 Å². The van der Waals surface area contributed by atoms with Gasteiger partial charge in [-0.05, 0) is 42.3 Å². The summed E-state index contributed by atoms with van der Waals surface area (Å²) in [6.45, 7) is 7.26. The molecule has 0 saturated carbocycles. The van der Waals surface area contributed by atoms with Crippen LogP contribution in [-0.2, 0) is 10.2 Å². The molecule has 4 rings (SSSR count). The van der Waals surface area contributed by atoms with Crippen molar-refractivity contribution in [1.29, 1.82) is 0 Å². The maximum Gasteiger partial charge on any atom is 0.223 e.